The lowest BCUT2D eigenvalue weighted by Crippen LogP contribution is -2.36. The maximum Gasteiger partial charge on any atom is 0.337 e. The highest BCUT2D eigenvalue weighted by molar-refractivity contribution is 6.00. The van der Waals surface area contributed by atoms with E-state index in [-0.39, 0.29) is 11.3 Å². The molecule has 2 amide bonds. The molecule has 6 heteroatoms. The second kappa shape index (κ2) is 6.70. The van der Waals surface area contributed by atoms with E-state index in [1.54, 1.807) is 13.8 Å². The summed E-state index contributed by atoms with van der Waals surface area (Å²) in [7, 11) is 0. The van der Waals surface area contributed by atoms with Gasteiger partial charge in [0, 0.05) is 13.1 Å². The van der Waals surface area contributed by atoms with E-state index < -0.39 is 17.8 Å². The van der Waals surface area contributed by atoms with Gasteiger partial charge in [-0.2, -0.15) is 0 Å². The molecule has 1 aromatic rings. The first kappa shape index (κ1) is 15.7. The molecule has 0 aromatic heterocycles. The van der Waals surface area contributed by atoms with Crippen LogP contribution in [0.25, 0.3) is 0 Å². The van der Waals surface area contributed by atoms with E-state index in [1.807, 2.05) is 0 Å². The third-order valence-corrected chi connectivity index (χ3v) is 2.61. The van der Waals surface area contributed by atoms with Crippen molar-refractivity contribution in [2.45, 2.75) is 13.8 Å². The summed E-state index contributed by atoms with van der Waals surface area (Å²) in [6.45, 7) is 7.95. The summed E-state index contributed by atoms with van der Waals surface area (Å²) >= 11 is 0. The molecule has 0 radical (unpaired) electrons. The van der Waals surface area contributed by atoms with Gasteiger partial charge in [-0.25, -0.2) is 14.0 Å². The van der Waals surface area contributed by atoms with Crippen molar-refractivity contribution in [3.05, 3.63) is 41.7 Å². The molecule has 0 aliphatic heterocycles. The normalized spacial score (nSPS) is 9.95. The van der Waals surface area contributed by atoms with Crippen LogP contribution >= 0.6 is 0 Å². The highest BCUT2D eigenvalue weighted by Crippen LogP contribution is 2.20. The zero-order chi connectivity index (χ0) is 15.3. The van der Waals surface area contributed by atoms with Crippen LogP contribution in [0.5, 0.6) is 0 Å². The van der Waals surface area contributed by atoms with Gasteiger partial charge in [-0.15, -0.1) is 0 Å². The van der Waals surface area contributed by atoms with Crippen LogP contribution in [-0.4, -0.2) is 35.1 Å². The molecular formula is C14H17FN2O3. The molecule has 5 nitrogen and oxygen atoms in total. The van der Waals surface area contributed by atoms with Crippen molar-refractivity contribution in [2.75, 3.05) is 18.4 Å². The lowest BCUT2D eigenvalue weighted by Gasteiger charge is -2.22. The number of carbonyl (C=O) groups is 2. The molecule has 0 bridgehead atoms. The number of nitrogens with one attached hydrogen (secondary N) is 1. The molecule has 108 valence electrons. The Hall–Kier alpha value is -2.37. The fourth-order valence-corrected chi connectivity index (χ4v) is 1.67. The second-order valence-electron chi connectivity index (χ2n) is 4.37. The number of urea groups is 1. The predicted molar refractivity (Wildman–Crippen MR) is 74.4 cm³/mol. The molecule has 0 fully saturated rings. The van der Waals surface area contributed by atoms with Crippen LogP contribution in [0.4, 0.5) is 14.9 Å². The van der Waals surface area contributed by atoms with E-state index in [1.165, 1.54) is 17.0 Å². The molecule has 1 aromatic carbocycles. The molecule has 0 aliphatic rings. The van der Waals surface area contributed by atoms with Crippen LogP contribution in [0.2, 0.25) is 0 Å². The van der Waals surface area contributed by atoms with E-state index in [0.717, 1.165) is 11.6 Å². The molecule has 2 N–H and O–H groups in total. The number of hydrogen-bond donors (Lipinski definition) is 2. The third kappa shape index (κ3) is 3.81. The fourth-order valence-electron chi connectivity index (χ4n) is 1.67. The number of carboxylic acid groups (broad SMARTS) is 1. The summed E-state index contributed by atoms with van der Waals surface area (Å²) in [4.78, 5) is 24.5. The number of rotatable bonds is 5. The van der Waals surface area contributed by atoms with Crippen LogP contribution in [0.1, 0.15) is 24.2 Å². The van der Waals surface area contributed by atoms with Crippen molar-refractivity contribution in [3.63, 3.8) is 0 Å². The minimum Gasteiger partial charge on any atom is -0.478 e. The van der Waals surface area contributed by atoms with Crippen molar-refractivity contribution >= 4 is 17.7 Å². The maximum absolute atomic E-state index is 13.7. The smallest absolute Gasteiger partial charge is 0.337 e. The third-order valence-electron chi connectivity index (χ3n) is 2.61. The standard InChI is InChI=1S/C14H17FN2O3/c1-4-17(8-9(2)3)14(20)16-12-10(13(18)19)6-5-7-11(12)15/h5-7H,2,4,8H2,1,3H3,(H,16,20)(H,18,19). The Labute approximate surface area is 116 Å². The second-order valence-corrected chi connectivity index (χ2v) is 4.37. The summed E-state index contributed by atoms with van der Waals surface area (Å²) in [6.07, 6.45) is 0. The Kier molecular flexibility index (Phi) is 5.25. The van der Waals surface area contributed by atoms with Gasteiger partial charge in [0.1, 0.15) is 5.82 Å². The molecular weight excluding hydrogens is 263 g/mol. The molecule has 0 heterocycles. The first-order chi connectivity index (χ1) is 9.36. The molecule has 20 heavy (non-hydrogen) atoms. The lowest BCUT2D eigenvalue weighted by molar-refractivity contribution is 0.0697. The first-order valence-electron chi connectivity index (χ1n) is 6.09. The van der Waals surface area contributed by atoms with Gasteiger partial charge in [0.25, 0.3) is 0 Å². The van der Waals surface area contributed by atoms with Gasteiger partial charge in [0.05, 0.1) is 11.3 Å². The highest BCUT2D eigenvalue weighted by Gasteiger charge is 2.19. The Bertz CT molecular complexity index is 543. The first-order valence-corrected chi connectivity index (χ1v) is 6.09. The number of amides is 2. The minimum absolute atomic E-state index is 0.287. The SMILES string of the molecule is C=C(C)CN(CC)C(=O)Nc1c(F)cccc1C(=O)O. The van der Waals surface area contributed by atoms with Crippen LogP contribution in [0, 0.1) is 5.82 Å². The Morgan fingerprint density at radius 1 is 1.45 bits per heavy atom. The molecule has 0 atom stereocenters. The van der Waals surface area contributed by atoms with E-state index in [9.17, 15) is 14.0 Å². The molecule has 0 aliphatic carbocycles. The van der Waals surface area contributed by atoms with Crippen molar-refractivity contribution in [1.82, 2.24) is 4.90 Å². The van der Waals surface area contributed by atoms with Crippen molar-refractivity contribution in [2.24, 2.45) is 0 Å². The minimum atomic E-state index is -1.30. The number of halogens is 1. The summed E-state index contributed by atoms with van der Waals surface area (Å²) in [5.74, 6) is -2.09. The van der Waals surface area contributed by atoms with E-state index in [0.29, 0.717) is 13.1 Å². The summed E-state index contributed by atoms with van der Waals surface area (Å²) in [5, 5.41) is 11.3. The highest BCUT2D eigenvalue weighted by atomic mass is 19.1. The summed E-state index contributed by atoms with van der Waals surface area (Å²) in [6, 6.07) is 3.04. The molecule has 0 spiro atoms. The number of benzene rings is 1. The van der Waals surface area contributed by atoms with Gasteiger partial charge >= 0.3 is 12.0 Å². The van der Waals surface area contributed by atoms with Gasteiger partial charge in [-0.05, 0) is 26.0 Å². The Morgan fingerprint density at radius 3 is 2.60 bits per heavy atom. The van der Waals surface area contributed by atoms with Gasteiger partial charge in [-0.3, -0.25) is 0 Å². The number of aromatic carboxylic acids is 1. The predicted octanol–water partition coefficient (Wildman–Crippen LogP) is 2.95. The molecule has 0 saturated heterocycles. The zero-order valence-electron chi connectivity index (χ0n) is 11.4. The summed E-state index contributed by atoms with van der Waals surface area (Å²) in [5.41, 5.74) is 0.156. The van der Waals surface area contributed by atoms with Gasteiger partial charge in [0.2, 0.25) is 0 Å². The number of carbonyl (C=O) groups excluding carboxylic acids is 1. The Morgan fingerprint density at radius 2 is 2.10 bits per heavy atom. The Balaban J connectivity index is 3.00. The van der Waals surface area contributed by atoms with Gasteiger partial charge in [-0.1, -0.05) is 18.2 Å². The maximum atomic E-state index is 13.7. The fraction of sp³-hybridized carbons (Fsp3) is 0.286. The van der Waals surface area contributed by atoms with Crippen molar-refractivity contribution in [3.8, 4) is 0 Å². The monoisotopic (exact) mass is 280 g/mol. The van der Waals surface area contributed by atoms with Crippen LogP contribution < -0.4 is 5.32 Å². The van der Waals surface area contributed by atoms with Crippen molar-refractivity contribution < 1.29 is 19.1 Å². The number of carboxylic acids is 1. The van der Waals surface area contributed by atoms with Gasteiger partial charge in [0.15, 0.2) is 0 Å². The average Bonchev–Trinajstić information content (AvgIpc) is 2.37. The van der Waals surface area contributed by atoms with Crippen LogP contribution in [0.3, 0.4) is 0 Å². The van der Waals surface area contributed by atoms with E-state index in [2.05, 4.69) is 11.9 Å². The topological polar surface area (TPSA) is 69.6 Å². The van der Waals surface area contributed by atoms with E-state index >= 15 is 0 Å². The van der Waals surface area contributed by atoms with Gasteiger partial charge < -0.3 is 15.3 Å². The average molecular weight is 280 g/mol. The van der Waals surface area contributed by atoms with Crippen molar-refractivity contribution in [1.29, 1.82) is 0 Å². The number of likely N-dealkylation sites (N-methyl/N-ethyl adjacent to an activating group) is 1. The quantitative estimate of drug-likeness (QED) is 0.815. The molecule has 0 unspecified atom stereocenters. The largest absolute Gasteiger partial charge is 0.478 e. The summed E-state index contributed by atoms with van der Waals surface area (Å²) < 4.78 is 13.7. The van der Waals surface area contributed by atoms with Crippen LogP contribution in [-0.2, 0) is 0 Å². The van der Waals surface area contributed by atoms with E-state index in [4.69, 9.17) is 5.11 Å². The number of para-hydroxylation sites is 1. The number of hydrogen-bond acceptors (Lipinski definition) is 2. The number of nitrogens with zero attached hydrogens (tertiary/aromatic N) is 1. The molecule has 0 saturated carbocycles. The van der Waals surface area contributed by atoms with Crippen LogP contribution in [0.15, 0.2) is 30.4 Å². The molecule has 1 rings (SSSR count). The number of anilines is 1. The lowest BCUT2D eigenvalue weighted by atomic mass is 10.1. The zero-order valence-corrected chi connectivity index (χ0v) is 11.4.